The summed E-state index contributed by atoms with van der Waals surface area (Å²) < 4.78 is 0. The Kier molecular flexibility index (Phi) is 6.37. The van der Waals surface area contributed by atoms with Crippen molar-refractivity contribution >= 4 is 11.5 Å². The van der Waals surface area contributed by atoms with Crippen molar-refractivity contribution in [2.24, 2.45) is 4.99 Å². The first-order valence-corrected chi connectivity index (χ1v) is 6.53. The largest absolute Gasteiger partial charge is 0.340 e. The number of nitrogens with one attached hydrogen (secondary N) is 1. The van der Waals surface area contributed by atoms with Crippen molar-refractivity contribution in [2.75, 3.05) is 5.32 Å². The molecule has 2 heteroatoms. The Morgan fingerprint density at radius 2 is 1.95 bits per heavy atom. The van der Waals surface area contributed by atoms with Gasteiger partial charge in [-0.15, -0.1) is 0 Å². The van der Waals surface area contributed by atoms with Gasteiger partial charge in [0.15, 0.2) is 0 Å². The minimum absolute atomic E-state index is 0.227. The second kappa shape index (κ2) is 8.09. The highest BCUT2D eigenvalue weighted by Crippen LogP contribution is 2.11. The molecule has 100 valence electrons. The lowest BCUT2D eigenvalue weighted by molar-refractivity contribution is 0.836. The second-order valence-electron chi connectivity index (χ2n) is 4.42. The average molecular weight is 254 g/mol. The maximum atomic E-state index is 4.65. The van der Waals surface area contributed by atoms with Gasteiger partial charge in [-0.1, -0.05) is 49.1 Å². The van der Waals surface area contributed by atoms with Crippen LogP contribution in [0.1, 0.15) is 20.8 Å². The highest BCUT2D eigenvalue weighted by molar-refractivity contribution is 6.10. The SMILES string of the molecule is C=C/C=C(\C=C/C)C(=NC(C)C)Nc1ccccc1. The van der Waals surface area contributed by atoms with Gasteiger partial charge in [-0.3, -0.25) is 4.99 Å². The van der Waals surface area contributed by atoms with Crippen molar-refractivity contribution in [3.05, 3.63) is 66.8 Å². The Labute approximate surface area is 116 Å². The number of aliphatic imine (C=N–C) groups is 1. The van der Waals surface area contributed by atoms with Crippen LogP contribution >= 0.6 is 0 Å². The molecule has 0 saturated heterocycles. The van der Waals surface area contributed by atoms with E-state index in [1.165, 1.54) is 0 Å². The number of allylic oxidation sites excluding steroid dienone is 3. The number of amidine groups is 1. The van der Waals surface area contributed by atoms with Gasteiger partial charge in [0.25, 0.3) is 0 Å². The van der Waals surface area contributed by atoms with Crippen LogP contribution < -0.4 is 5.32 Å². The van der Waals surface area contributed by atoms with Crippen molar-refractivity contribution < 1.29 is 0 Å². The summed E-state index contributed by atoms with van der Waals surface area (Å²) in [6.45, 7) is 9.88. The molecule has 0 unspecified atom stereocenters. The fourth-order valence-corrected chi connectivity index (χ4v) is 1.62. The second-order valence-corrected chi connectivity index (χ2v) is 4.42. The standard InChI is InChI=1S/C17H22N2/c1-5-10-15(11-6-2)17(18-14(3)4)19-16-12-8-7-9-13-16/h5-14H,1H2,2-4H3,(H,18,19)/b11-6-,15-10+. The monoisotopic (exact) mass is 254 g/mol. The Morgan fingerprint density at radius 3 is 2.47 bits per heavy atom. The van der Waals surface area contributed by atoms with E-state index >= 15 is 0 Å². The zero-order valence-electron chi connectivity index (χ0n) is 11.9. The number of benzene rings is 1. The van der Waals surface area contributed by atoms with E-state index in [1.54, 1.807) is 6.08 Å². The molecular formula is C17H22N2. The molecule has 2 nitrogen and oxygen atoms in total. The molecule has 1 aromatic carbocycles. The molecule has 0 aliphatic carbocycles. The summed E-state index contributed by atoms with van der Waals surface area (Å²) >= 11 is 0. The number of para-hydroxylation sites is 1. The van der Waals surface area contributed by atoms with Crippen LogP contribution in [0.15, 0.2) is 71.8 Å². The highest BCUT2D eigenvalue weighted by Gasteiger charge is 2.05. The van der Waals surface area contributed by atoms with Gasteiger partial charge in [0.05, 0.1) is 0 Å². The summed E-state index contributed by atoms with van der Waals surface area (Å²) in [5, 5.41) is 3.36. The molecule has 0 bridgehead atoms. The molecule has 0 aliphatic heterocycles. The number of hydrogen-bond acceptors (Lipinski definition) is 1. The lowest BCUT2D eigenvalue weighted by atomic mass is 10.2. The molecule has 0 saturated carbocycles. The van der Waals surface area contributed by atoms with Crippen LogP contribution in [-0.4, -0.2) is 11.9 Å². The van der Waals surface area contributed by atoms with E-state index in [9.17, 15) is 0 Å². The lowest BCUT2D eigenvalue weighted by Gasteiger charge is -2.12. The Balaban J connectivity index is 3.08. The normalized spacial score (nSPS) is 13.1. The van der Waals surface area contributed by atoms with E-state index in [1.807, 2.05) is 55.5 Å². The third-order valence-corrected chi connectivity index (χ3v) is 2.34. The lowest BCUT2D eigenvalue weighted by Crippen LogP contribution is -2.16. The molecule has 1 aromatic rings. The molecule has 19 heavy (non-hydrogen) atoms. The van der Waals surface area contributed by atoms with Gasteiger partial charge in [-0.05, 0) is 32.9 Å². The summed E-state index contributed by atoms with van der Waals surface area (Å²) in [4.78, 5) is 4.65. The molecule has 0 amide bonds. The fourth-order valence-electron chi connectivity index (χ4n) is 1.62. The van der Waals surface area contributed by atoms with Gasteiger partial charge in [0.2, 0.25) is 0 Å². The number of hydrogen-bond donors (Lipinski definition) is 1. The van der Waals surface area contributed by atoms with Crippen molar-refractivity contribution in [3.8, 4) is 0 Å². The topological polar surface area (TPSA) is 24.4 Å². The fraction of sp³-hybridized carbons (Fsp3) is 0.235. The summed E-state index contributed by atoms with van der Waals surface area (Å²) in [7, 11) is 0. The molecule has 1 rings (SSSR count). The Hall–Kier alpha value is -2.09. The molecule has 0 radical (unpaired) electrons. The predicted molar refractivity (Wildman–Crippen MR) is 85.7 cm³/mol. The minimum atomic E-state index is 0.227. The zero-order chi connectivity index (χ0) is 14.1. The zero-order valence-corrected chi connectivity index (χ0v) is 11.9. The minimum Gasteiger partial charge on any atom is -0.340 e. The number of nitrogens with zero attached hydrogens (tertiary/aromatic N) is 1. The third kappa shape index (κ3) is 5.38. The summed E-state index contributed by atoms with van der Waals surface area (Å²) in [5.74, 6) is 0.860. The number of anilines is 1. The van der Waals surface area contributed by atoms with E-state index in [4.69, 9.17) is 0 Å². The van der Waals surface area contributed by atoms with Crippen LogP contribution in [0.3, 0.4) is 0 Å². The maximum Gasteiger partial charge on any atom is 0.132 e. The van der Waals surface area contributed by atoms with E-state index in [0.29, 0.717) is 0 Å². The molecule has 0 atom stereocenters. The first kappa shape index (κ1) is 15.0. The van der Waals surface area contributed by atoms with E-state index in [0.717, 1.165) is 17.1 Å². The Bertz CT molecular complexity index is 479. The van der Waals surface area contributed by atoms with Crippen molar-refractivity contribution in [2.45, 2.75) is 26.8 Å². The van der Waals surface area contributed by atoms with Gasteiger partial charge in [0, 0.05) is 17.3 Å². The number of rotatable bonds is 5. The first-order valence-electron chi connectivity index (χ1n) is 6.53. The van der Waals surface area contributed by atoms with Gasteiger partial charge in [0.1, 0.15) is 5.84 Å². The van der Waals surface area contributed by atoms with Gasteiger partial charge >= 0.3 is 0 Å². The van der Waals surface area contributed by atoms with Crippen molar-refractivity contribution in [1.82, 2.24) is 0 Å². The van der Waals surface area contributed by atoms with Crippen LogP contribution in [0.2, 0.25) is 0 Å². The highest BCUT2D eigenvalue weighted by atomic mass is 15.0. The van der Waals surface area contributed by atoms with Crippen molar-refractivity contribution in [3.63, 3.8) is 0 Å². The van der Waals surface area contributed by atoms with E-state index in [-0.39, 0.29) is 6.04 Å². The average Bonchev–Trinajstić information content (AvgIpc) is 2.38. The van der Waals surface area contributed by atoms with Crippen molar-refractivity contribution in [1.29, 1.82) is 0 Å². The smallest absolute Gasteiger partial charge is 0.132 e. The van der Waals surface area contributed by atoms with Gasteiger partial charge in [-0.2, -0.15) is 0 Å². The van der Waals surface area contributed by atoms with Crippen LogP contribution in [-0.2, 0) is 0 Å². The van der Waals surface area contributed by atoms with Gasteiger partial charge < -0.3 is 5.32 Å². The van der Waals surface area contributed by atoms with E-state index < -0.39 is 0 Å². The van der Waals surface area contributed by atoms with Crippen LogP contribution in [0.25, 0.3) is 0 Å². The molecule has 0 heterocycles. The molecule has 0 spiro atoms. The van der Waals surface area contributed by atoms with Crippen LogP contribution in [0.5, 0.6) is 0 Å². The van der Waals surface area contributed by atoms with Crippen LogP contribution in [0, 0.1) is 0 Å². The molecule has 0 fully saturated rings. The summed E-state index contributed by atoms with van der Waals surface area (Å²) in [6.07, 6.45) is 7.76. The maximum absolute atomic E-state index is 4.65. The summed E-state index contributed by atoms with van der Waals surface area (Å²) in [6, 6.07) is 10.3. The quantitative estimate of drug-likeness (QED) is 0.464. The third-order valence-electron chi connectivity index (χ3n) is 2.34. The predicted octanol–water partition coefficient (Wildman–Crippen LogP) is 4.59. The summed E-state index contributed by atoms with van der Waals surface area (Å²) in [5.41, 5.74) is 2.05. The molecular weight excluding hydrogens is 232 g/mol. The van der Waals surface area contributed by atoms with Crippen LogP contribution in [0.4, 0.5) is 5.69 Å². The van der Waals surface area contributed by atoms with Gasteiger partial charge in [-0.25, -0.2) is 0 Å². The van der Waals surface area contributed by atoms with E-state index in [2.05, 4.69) is 30.7 Å². The molecule has 1 N–H and O–H groups in total. The Morgan fingerprint density at radius 1 is 1.26 bits per heavy atom. The first-order chi connectivity index (χ1) is 9.17. The molecule has 0 aromatic heterocycles. The molecule has 0 aliphatic rings.